The lowest BCUT2D eigenvalue weighted by Gasteiger charge is -2.19. The van der Waals surface area contributed by atoms with Gasteiger partial charge in [-0.3, -0.25) is 9.59 Å². The summed E-state index contributed by atoms with van der Waals surface area (Å²) in [7, 11) is 1.51. The number of nitrogens with zero attached hydrogens (tertiary/aromatic N) is 1. The lowest BCUT2D eigenvalue weighted by Crippen LogP contribution is -2.41. The van der Waals surface area contributed by atoms with Gasteiger partial charge in [-0.25, -0.2) is 0 Å². The molecule has 6 heteroatoms. The van der Waals surface area contributed by atoms with Gasteiger partial charge < -0.3 is 20.7 Å². The Morgan fingerprint density at radius 2 is 1.94 bits per heavy atom. The fourth-order valence-electron chi connectivity index (χ4n) is 1.40. The minimum Gasteiger partial charge on any atom is -0.380 e. The van der Waals surface area contributed by atoms with Gasteiger partial charge >= 0.3 is 0 Å². The monoisotopic (exact) mass is 245 g/mol. The Hall–Kier alpha value is -1.14. The quantitative estimate of drug-likeness (QED) is 0.594. The Kier molecular flexibility index (Phi) is 8.35. The van der Waals surface area contributed by atoms with Crippen molar-refractivity contribution in [3.05, 3.63) is 0 Å². The molecule has 100 valence electrons. The molecule has 0 saturated carbocycles. The molecule has 0 aromatic heterocycles. The molecule has 0 heterocycles. The highest BCUT2D eigenvalue weighted by molar-refractivity contribution is 5.84. The first kappa shape index (κ1) is 15.9. The number of rotatable bonds is 8. The molecule has 0 bridgehead atoms. The van der Waals surface area contributed by atoms with Crippen LogP contribution in [0, 0.1) is 0 Å². The van der Waals surface area contributed by atoms with Gasteiger partial charge in [-0.1, -0.05) is 0 Å². The Balaban J connectivity index is 3.95. The molecule has 0 radical (unpaired) electrons. The zero-order valence-corrected chi connectivity index (χ0v) is 10.9. The normalized spacial score (nSPS) is 12.0. The lowest BCUT2D eigenvalue weighted by molar-refractivity contribution is -0.133. The molecule has 0 aromatic rings. The fourth-order valence-corrected chi connectivity index (χ4v) is 1.40. The van der Waals surface area contributed by atoms with Gasteiger partial charge in [0.25, 0.3) is 0 Å². The lowest BCUT2D eigenvalue weighted by atomic mass is 10.2. The number of hydrogen-bond donors (Lipinski definition) is 2. The Morgan fingerprint density at radius 3 is 2.35 bits per heavy atom. The molecule has 17 heavy (non-hydrogen) atoms. The molecule has 0 saturated heterocycles. The van der Waals surface area contributed by atoms with Crippen LogP contribution in [0.1, 0.15) is 20.3 Å². The van der Waals surface area contributed by atoms with E-state index in [1.165, 1.54) is 7.11 Å². The predicted molar refractivity (Wildman–Crippen MR) is 65.4 cm³/mol. The van der Waals surface area contributed by atoms with Crippen LogP contribution < -0.4 is 11.1 Å². The number of likely N-dealkylation sites (N-methyl/N-ethyl adjacent to an activating group) is 1. The Labute approximate surface area is 102 Å². The van der Waals surface area contributed by atoms with Gasteiger partial charge in [0.05, 0.1) is 19.1 Å². The number of nitrogens with two attached hydrogens (primary N) is 1. The van der Waals surface area contributed by atoms with Crippen LogP contribution >= 0.6 is 0 Å². The van der Waals surface area contributed by atoms with E-state index in [9.17, 15) is 9.59 Å². The number of carbonyl (C=O) groups excluding carboxylic acids is 2. The molecule has 1 atom stereocenters. The smallest absolute Gasteiger partial charge is 0.241 e. The SMILES string of the molecule is CCN(CC)C(=O)CNC(=O)CC(CN)OC. The summed E-state index contributed by atoms with van der Waals surface area (Å²) in [6.45, 7) is 5.41. The summed E-state index contributed by atoms with van der Waals surface area (Å²) in [5.41, 5.74) is 5.40. The standard InChI is InChI=1S/C11H23N3O3/c1-4-14(5-2)11(16)8-13-10(15)6-9(7-12)17-3/h9H,4-8,12H2,1-3H3,(H,13,15). The van der Waals surface area contributed by atoms with E-state index in [4.69, 9.17) is 10.5 Å². The van der Waals surface area contributed by atoms with Crippen LogP contribution in [0.4, 0.5) is 0 Å². The molecule has 0 aliphatic rings. The van der Waals surface area contributed by atoms with Gasteiger partial charge in [0.2, 0.25) is 11.8 Å². The number of hydrogen-bond acceptors (Lipinski definition) is 4. The van der Waals surface area contributed by atoms with E-state index >= 15 is 0 Å². The van der Waals surface area contributed by atoms with Crippen molar-refractivity contribution in [1.29, 1.82) is 0 Å². The zero-order valence-electron chi connectivity index (χ0n) is 10.9. The van der Waals surface area contributed by atoms with Crippen LogP contribution in [0.5, 0.6) is 0 Å². The van der Waals surface area contributed by atoms with E-state index in [-0.39, 0.29) is 37.4 Å². The van der Waals surface area contributed by atoms with Crippen molar-refractivity contribution in [2.45, 2.75) is 26.4 Å². The Morgan fingerprint density at radius 1 is 1.35 bits per heavy atom. The van der Waals surface area contributed by atoms with Crippen LogP contribution in [0.3, 0.4) is 0 Å². The molecule has 3 N–H and O–H groups in total. The summed E-state index contributed by atoms with van der Waals surface area (Å²) in [4.78, 5) is 24.7. The van der Waals surface area contributed by atoms with Crippen molar-refractivity contribution in [3.63, 3.8) is 0 Å². The van der Waals surface area contributed by atoms with Crippen molar-refractivity contribution in [2.75, 3.05) is 33.3 Å². The molecule has 1 unspecified atom stereocenters. The van der Waals surface area contributed by atoms with Gasteiger partial charge in [0.1, 0.15) is 0 Å². The molecule has 6 nitrogen and oxygen atoms in total. The predicted octanol–water partition coefficient (Wildman–Crippen LogP) is -0.665. The van der Waals surface area contributed by atoms with Crippen LogP contribution in [-0.4, -0.2) is 56.1 Å². The minimum absolute atomic E-state index is 0.0293. The third kappa shape index (κ3) is 6.23. The molecule has 0 aliphatic heterocycles. The van der Waals surface area contributed by atoms with Crippen molar-refractivity contribution >= 4 is 11.8 Å². The third-order valence-electron chi connectivity index (χ3n) is 2.56. The first-order chi connectivity index (χ1) is 8.08. The molecule has 0 spiro atoms. The third-order valence-corrected chi connectivity index (χ3v) is 2.56. The second kappa shape index (κ2) is 8.95. The van der Waals surface area contributed by atoms with Gasteiger partial charge in [-0.15, -0.1) is 0 Å². The maximum atomic E-state index is 11.6. The number of amides is 2. The van der Waals surface area contributed by atoms with E-state index < -0.39 is 0 Å². The number of ether oxygens (including phenoxy) is 1. The summed E-state index contributed by atoms with van der Waals surface area (Å²) in [6, 6.07) is 0. The first-order valence-corrected chi connectivity index (χ1v) is 5.86. The highest BCUT2D eigenvalue weighted by atomic mass is 16.5. The number of methoxy groups -OCH3 is 1. The van der Waals surface area contributed by atoms with Gasteiger partial charge in [0, 0.05) is 26.7 Å². The number of carbonyl (C=O) groups is 2. The molecule has 0 fully saturated rings. The minimum atomic E-state index is -0.293. The highest BCUT2D eigenvalue weighted by Crippen LogP contribution is 1.94. The van der Waals surface area contributed by atoms with Crippen molar-refractivity contribution in [2.24, 2.45) is 5.73 Å². The molecular weight excluding hydrogens is 222 g/mol. The summed E-state index contributed by atoms with van der Waals surface area (Å²) in [5.74, 6) is -0.298. The van der Waals surface area contributed by atoms with Gasteiger partial charge in [-0.2, -0.15) is 0 Å². The first-order valence-electron chi connectivity index (χ1n) is 5.86. The maximum absolute atomic E-state index is 11.6. The largest absolute Gasteiger partial charge is 0.380 e. The van der Waals surface area contributed by atoms with Crippen LogP contribution in [0.2, 0.25) is 0 Å². The van der Waals surface area contributed by atoms with E-state index in [0.717, 1.165) is 0 Å². The summed E-state index contributed by atoms with van der Waals surface area (Å²) < 4.78 is 4.99. The average Bonchev–Trinajstić information content (AvgIpc) is 2.34. The Bertz CT molecular complexity index is 238. The second-order valence-corrected chi connectivity index (χ2v) is 3.64. The van der Waals surface area contributed by atoms with E-state index in [1.807, 2.05) is 13.8 Å². The fraction of sp³-hybridized carbons (Fsp3) is 0.818. The highest BCUT2D eigenvalue weighted by Gasteiger charge is 2.14. The summed E-state index contributed by atoms with van der Waals surface area (Å²) >= 11 is 0. The molecule has 0 aromatic carbocycles. The van der Waals surface area contributed by atoms with Crippen LogP contribution in [-0.2, 0) is 14.3 Å². The summed E-state index contributed by atoms with van der Waals surface area (Å²) in [6.07, 6.45) is -0.114. The topological polar surface area (TPSA) is 84.7 Å². The molecule has 0 rings (SSSR count). The van der Waals surface area contributed by atoms with Crippen LogP contribution in [0.25, 0.3) is 0 Å². The second-order valence-electron chi connectivity index (χ2n) is 3.64. The van der Waals surface area contributed by atoms with Crippen molar-refractivity contribution in [3.8, 4) is 0 Å². The molecular formula is C11H23N3O3. The van der Waals surface area contributed by atoms with Gasteiger partial charge in [-0.05, 0) is 13.8 Å². The molecule has 0 aliphatic carbocycles. The molecule has 2 amide bonds. The number of nitrogens with one attached hydrogen (secondary N) is 1. The summed E-state index contributed by atoms with van der Waals surface area (Å²) in [5, 5.41) is 2.56. The van der Waals surface area contributed by atoms with Crippen molar-refractivity contribution < 1.29 is 14.3 Å². The van der Waals surface area contributed by atoms with Gasteiger partial charge in [0.15, 0.2) is 0 Å². The van der Waals surface area contributed by atoms with Crippen LogP contribution in [0.15, 0.2) is 0 Å². The average molecular weight is 245 g/mol. The van der Waals surface area contributed by atoms with E-state index in [0.29, 0.717) is 13.1 Å². The zero-order chi connectivity index (χ0) is 13.3. The van der Waals surface area contributed by atoms with Crippen molar-refractivity contribution in [1.82, 2.24) is 10.2 Å². The maximum Gasteiger partial charge on any atom is 0.241 e. The van der Waals surface area contributed by atoms with E-state index in [2.05, 4.69) is 5.32 Å². The van der Waals surface area contributed by atoms with E-state index in [1.54, 1.807) is 4.90 Å².